The third-order valence-electron chi connectivity index (χ3n) is 6.01. The van der Waals surface area contributed by atoms with Crippen LogP contribution in [0, 0.1) is 0 Å². The lowest BCUT2D eigenvalue weighted by Gasteiger charge is -2.39. The second kappa shape index (κ2) is 7.49. The molecule has 2 N–H and O–H groups in total. The number of nitrogens with zero attached hydrogens (tertiary/aromatic N) is 1. The van der Waals surface area contributed by atoms with E-state index in [1.807, 2.05) is 32.9 Å². The molecule has 3 amide bonds. The molecular formula is C22H29N3O5. The van der Waals surface area contributed by atoms with E-state index < -0.39 is 11.6 Å². The zero-order chi connectivity index (χ0) is 21.5. The lowest BCUT2D eigenvalue weighted by molar-refractivity contribution is -0.133. The molecule has 2 fully saturated rings. The van der Waals surface area contributed by atoms with Gasteiger partial charge in [0.25, 0.3) is 0 Å². The Morgan fingerprint density at radius 3 is 2.67 bits per heavy atom. The molecule has 0 aromatic heterocycles. The van der Waals surface area contributed by atoms with Crippen molar-refractivity contribution in [3.8, 4) is 5.75 Å². The molecule has 1 unspecified atom stereocenters. The molecule has 3 aliphatic rings. The van der Waals surface area contributed by atoms with Crippen molar-refractivity contribution < 1.29 is 23.9 Å². The number of benzene rings is 1. The predicted octanol–water partition coefficient (Wildman–Crippen LogP) is 2.56. The molecule has 1 spiro atoms. The summed E-state index contributed by atoms with van der Waals surface area (Å²) in [5.74, 6) is 0.342. The Labute approximate surface area is 176 Å². The third-order valence-corrected chi connectivity index (χ3v) is 6.01. The summed E-state index contributed by atoms with van der Waals surface area (Å²) in [5.41, 5.74) is 1.30. The lowest BCUT2D eigenvalue weighted by atomic mass is 9.74. The third kappa shape index (κ3) is 4.08. The van der Waals surface area contributed by atoms with E-state index in [0.717, 1.165) is 29.8 Å². The fourth-order valence-corrected chi connectivity index (χ4v) is 4.34. The first-order chi connectivity index (χ1) is 14.2. The van der Waals surface area contributed by atoms with Gasteiger partial charge in [-0.25, -0.2) is 4.79 Å². The zero-order valence-electron chi connectivity index (χ0n) is 17.7. The van der Waals surface area contributed by atoms with Gasteiger partial charge in [-0.1, -0.05) is 0 Å². The highest BCUT2D eigenvalue weighted by Crippen LogP contribution is 2.46. The molecule has 4 rings (SSSR count). The molecule has 1 atom stereocenters. The van der Waals surface area contributed by atoms with Crippen LogP contribution >= 0.6 is 0 Å². The van der Waals surface area contributed by atoms with Gasteiger partial charge in [0.05, 0.1) is 6.61 Å². The van der Waals surface area contributed by atoms with Gasteiger partial charge in [-0.15, -0.1) is 0 Å². The van der Waals surface area contributed by atoms with Gasteiger partial charge in [-0.2, -0.15) is 0 Å². The molecular weight excluding hydrogens is 386 g/mol. The molecule has 0 saturated carbocycles. The minimum Gasteiger partial charge on any atom is -0.492 e. The minimum absolute atomic E-state index is 0.143. The van der Waals surface area contributed by atoms with E-state index >= 15 is 0 Å². The Bertz CT molecular complexity index is 868. The largest absolute Gasteiger partial charge is 0.492 e. The zero-order valence-corrected chi connectivity index (χ0v) is 17.7. The molecule has 8 heteroatoms. The quantitative estimate of drug-likeness (QED) is 0.721. The number of anilines is 1. The number of ether oxygens (including phenoxy) is 2. The predicted molar refractivity (Wildman–Crippen MR) is 110 cm³/mol. The van der Waals surface area contributed by atoms with Crippen molar-refractivity contribution in [1.82, 2.24) is 10.2 Å². The smallest absolute Gasteiger partial charge is 0.410 e. The number of nitrogens with one attached hydrogen (secondary N) is 2. The number of piperidine rings is 2. The molecule has 3 heterocycles. The summed E-state index contributed by atoms with van der Waals surface area (Å²) in [6, 6.07) is 5.46. The maximum Gasteiger partial charge on any atom is 0.410 e. The molecule has 2 saturated heterocycles. The van der Waals surface area contributed by atoms with Gasteiger partial charge in [-0.05, 0) is 58.2 Å². The SMILES string of the molecule is CC(C)(C)OC(=O)N1CCC2(CC1)COc1ccc(NC3CCC(=O)NC3=O)cc12. The molecule has 0 aliphatic carbocycles. The van der Waals surface area contributed by atoms with Crippen LogP contribution in [-0.2, 0) is 19.7 Å². The van der Waals surface area contributed by atoms with E-state index in [9.17, 15) is 14.4 Å². The molecule has 162 valence electrons. The van der Waals surface area contributed by atoms with Crippen LogP contribution in [0.3, 0.4) is 0 Å². The summed E-state index contributed by atoms with van der Waals surface area (Å²) >= 11 is 0. The number of carbonyl (C=O) groups excluding carboxylic acids is 3. The molecule has 0 bridgehead atoms. The van der Waals surface area contributed by atoms with Crippen LogP contribution in [0.1, 0.15) is 52.0 Å². The van der Waals surface area contributed by atoms with E-state index in [1.54, 1.807) is 4.90 Å². The fourth-order valence-electron chi connectivity index (χ4n) is 4.34. The number of carbonyl (C=O) groups is 3. The van der Waals surface area contributed by atoms with Crippen molar-refractivity contribution in [3.63, 3.8) is 0 Å². The van der Waals surface area contributed by atoms with E-state index in [4.69, 9.17) is 9.47 Å². The Kier molecular flexibility index (Phi) is 5.11. The second-order valence-corrected chi connectivity index (χ2v) is 9.40. The van der Waals surface area contributed by atoms with Crippen molar-refractivity contribution in [1.29, 1.82) is 0 Å². The number of hydrogen-bond donors (Lipinski definition) is 2. The molecule has 0 radical (unpaired) electrons. The summed E-state index contributed by atoms with van der Waals surface area (Å²) < 4.78 is 11.5. The molecule has 1 aromatic carbocycles. The first-order valence-corrected chi connectivity index (χ1v) is 10.5. The van der Waals surface area contributed by atoms with Gasteiger partial charge < -0.3 is 19.7 Å². The van der Waals surface area contributed by atoms with Crippen LogP contribution in [0.2, 0.25) is 0 Å². The van der Waals surface area contributed by atoms with Crippen LogP contribution < -0.4 is 15.4 Å². The molecule has 8 nitrogen and oxygen atoms in total. The van der Waals surface area contributed by atoms with Gasteiger partial charge in [0.15, 0.2) is 0 Å². The van der Waals surface area contributed by atoms with Crippen molar-refractivity contribution in [2.45, 2.75) is 63.5 Å². The molecule has 30 heavy (non-hydrogen) atoms. The highest BCUT2D eigenvalue weighted by molar-refractivity contribution is 6.01. The van der Waals surface area contributed by atoms with Crippen molar-refractivity contribution >= 4 is 23.6 Å². The number of rotatable bonds is 2. The maximum atomic E-state index is 12.4. The topological polar surface area (TPSA) is 97.0 Å². The summed E-state index contributed by atoms with van der Waals surface area (Å²) in [4.78, 5) is 37.6. The van der Waals surface area contributed by atoms with Gasteiger partial charge in [0.1, 0.15) is 17.4 Å². The monoisotopic (exact) mass is 415 g/mol. The summed E-state index contributed by atoms with van der Waals surface area (Å²) in [7, 11) is 0. The van der Waals surface area contributed by atoms with Crippen molar-refractivity contribution in [3.05, 3.63) is 23.8 Å². The summed E-state index contributed by atoms with van der Waals surface area (Å²) in [6.45, 7) is 7.43. The summed E-state index contributed by atoms with van der Waals surface area (Å²) in [6.07, 6.45) is 2.13. The van der Waals surface area contributed by atoms with Gasteiger partial charge in [0, 0.05) is 36.2 Å². The van der Waals surface area contributed by atoms with Gasteiger partial charge in [-0.3, -0.25) is 14.9 Å². The van der Waals surface area contributed by atoms with Crippen LogP contribution in [0.4, 0.5) is 10.5 Å². The number of amides is 3. The lowest BCUT2D eigenvalue weighted by Crippen LogP contribution is -2.48. The van der Waals surface area contributed by atoms with E-state index in [2.05, 4.69) is 16.7 Å². The van der Waals surface area contributed by atoms with Crippen LogP contribution in [0.25, 0.3) is 0 Å². The average molecular weight is 415 g/mol. The van der Waals surface area contributed by atoms with Crippen molar-refractivity contribution in [2.75, 3.05) is 25.0 Å². The number of hydrogen-bond acceptors (Lipinski definition) is 6. The van der Waals surface area contributed by atoms with Crippen LogP contribution in [0.15, 0.2) is 18.2 Å². The fraction of sp³-hybridized carbons (Fsp3) is 0.591. The van der Waals surface area contributed by atoms with Crippen LogP contribution in [0.5, 0.6) is 5.75 Å². The second-order valence-electron chi connectivity index (χ2n) is 9.40. The Hall–Kier alpha value is -2.77. The Morgan fingerprint density at radius 2 is 2.00 bits per heavy atom. The average Bonchev–Trinajstić information content (AvgIpc) is 3.01. The first-order valence-electron chi connectivity index (χ1n) is 10.5. The van der Waals surface area contributed by atoms with Crippen molar-refractivity contribution in [2.24, 2.45) is 0 Å². The maximum absolute atomic E-state index is 12.4. The van der Waals surface area contributed by atoms with Gasteiger partial charge in [0.2, 0.25) is 11.8 Å². The molecule has 1 aromatic rings. The van der Waals surface area contributed by atoms with E-state index in [1.165, 1.54) is 0 Å². The number of likely N-dealkylation sites (tertiary alicyclic amines) is 1. The number of fused-ring (bicyclic) bond motifs is 2. The summed E-state index contributed by atoms with van der Waals surface area (Å²) in [5, 5.41) is 5.63. The van der Waals surface area contributed by atoms with E-state index in [0.29, 0.717) is 32.5 Å². The Balaban J connectivity index is 1.45. The minimum atomic E-state index is -0.508. The van der Waals surface area contributed by atoms with E-state index in [-0.39, 0.29) is 23.3 Å². The first kappa shape index (κ1) is 20.5. The highest BCUT2D eigenvalue weighted by atomic mass is 16.6. The molecule has 3 aliphatic heterocycles. The van der Waals surface area contributed by atoms with Crippen LogP contribution in [-0.4, -0.2) is 54.1 Å². The number of imide groups is 1. The highest BCUT2D eigenvalue weighted by Gasteiger charge is 2.44. The normalized spacial score (nSPS) is 22.9. The standard InChI is InChI=1S/C22H29N3O5/c1-21(2,3)30-20(28)25-10-8-22(9-11-25)13-29-17-6-4-14(12-15(17)22)23-16-5-7-18(26)24-19(16)27/h4,6,12,16,23H,5,7-11,13H2,1-3H3,(H,24,26,27). The Morgan fingerprint density at radius 1 is 1.27 bits per heavy atom. The van der Waals surface area contributed by atoms with Gasteiger partial charge >= 0.3 is 6.09 Å².